The van der Waals surface area contributed by atoms with E-state index < -0.39 is 0 Å². The quantitative estimate of drug-likeness (QED) is 0.775. The highest BCUT2D eigenvalue weighted by Crippen LogP contribution is 2.43. The first-order valence-corrected chi connectivity index (χ1v) is 8.22. The lowest BCUT2D eigenvalue weighted by molar-refractivity contribution is 0.381. The fourth-order valence-electron chi connectivity index (χ4n) is 3.62. The normalized spacial score (nSPS) is 29.9. The third-order valence-corrected chi connectivity index (χ3v) is 5.25. The molecule has 1 aromatic rings. The molecule has 0 radical (unpaired) electrons. The monoisotopic (exact) mass is 319 g/mol. The van der Waals surface area contributed by atoms with E-state index in [1.807, 2.05) is 0 Å². The molecule has 2 bridgehead atoms. The van der Waals surface area contributed by atoms with Gasteiger partial charge in [-0.25, -0.2) is 0 Å². The molecule has 4 unspecified atom stereocenters. The SMILES string of the molecule is CCC(NCC1CC2C=CC1C2)c1ccc(Br)cc1. The molecule has 0 heterocycles. The van der Waals surface area contributed by atoms with E-state index in [9.17, 15) is 0 Å². The third-order valence-electron chi connectivity index (χ3n) is 4.72. The Bertz CT molecular complexity index is 451. The van der Waals surface area contributed by atoms with Gasteiger partial charge in [0, 0.05) is 10.5 Å². The summed E-state index contributed by atoms with van der Waals surface area (Å²) in [6.45, 7) is 3.43. The van der Waals surface area contributed by atoms with Crippen LogP contribution in [0.3, 0.4) is 0 Å². The van der Waals surface area contributed by atoms with Crippen LogP contribution in [-0.4, -0.2) is 6.54 Å². The molecule has 1 saturated carbocycles. The van der Waals surface area contributed by atoms with Gasteiger partial charge in [0.05, 0.1) is 0 Å². The molecule has 3 rings (SSSR count). The highest BCUT2D eigenvalue weighted by Gasteiger charge is 2.35. The number of nitrogens with one attached hydrogen (secondary N) is 1. The van der Waals surface area contributed by atoms with E-state index in [0.717, 1.165) is 28.6 Å². The lowest BCUT2D eigenvalue weighted by Gasteiger charge is -2.23. The Balaban J connectivity index is 1.58. The second-order valence-corrected chi connectivity index (χ2v) is 6.88. The Morgan fingerprint density at radius 3 is 2.58 bits per heavy atom. The second kappa shape index (κ2) is 5.80. The van der Waals surface area contributed by atoms with Crippen molar-refractivity contribution in [2.24, 2.45) is 17.8 Å². The zero-order valence-corrected chi connectivity index (χ0v) is 13.1. The summed E-state index contributed by atoms with van der Waals surface area (Å²) in [5.41, 5.74) is 1.41. The number of benzene rings is 1. The fraction of sp³-hybridized carbons (Fsp3) is 0.529. The molecule has 0 amide bonds. The van der Waals surface area contributed by atoms with E-state index in [1.165, 1.54) is 24.9 Å². The van der Waals surface area contributed by atoms with Crippen molar-refractivity contribution in [1.29, 1.82) is 0 Å². The summed E-state index contributed by atoms with van der Waals surface area (Å²) in [6, 6.07) is 9.23. The summed E-state index contributed by atoms with van der Waals surface area (Å²) in [5.74, 6) is 2.59. The predicted octanol–water partition coefficient (Wildman–Crippen LogP) is 4.70. The van der Waals surface area contributed by atoms with Gasteiger partial charge in [-0.15, -0.1) is 0 Å². The van der Waals surface area contributed by atoms with Crippen LogP contribution in [0.5, 0.6) is 0 Å². The molecule has 2 heteroatoms. The minimum atomic E-state index is 0.496. The van der Waals surface area contributed by atoms with Gasteiger partial charge in [-0.2, -0.15) is 0 Å². The van der Waals surface area contributed by atoms with Crippen LogP contribution in [-0.2, 0) is 0 Å². The molecule has 4 atom stereocenters. The first kappa shape index (κ1) is 13.4. The number of allylic oxidation sites excluding steroid dienone is 2. The average molecular weight is 320 g/mol. The summed E-state index contributed by atoms with van der Waals surface area (Å²) in [7, 11) is 0. The second-order valence-electron chi connectivity index (χ2n) is 5.96. The predicted molar refractivity (Wildman–Crippen MR) is 84.0 cm³/mol. The molecule has 19 heavy (non-hydrogen) atoms. The van der Waals surface area contributed by atoms with Gasteiger partial charge in [-0.3, -0.25) is 0 Å². The Morgan fingerprint density at radius 1 is 1.21 bits per heavy atom. The largest absolute Gasteiger partial charge is 0.310 e. The molecule has 1 N–H and O–H groups in total. The van der Waals surface area contributed by atoms with Crippen molar-refractivity contribution in [2.75, 3.05) is 6.54 Å². The number of halogens is 1. The van der Waals surface area contributed by atoms with Gasteiger partial charge in [-0.1, -0.05) is 47.1 Å². The Labute approximate surface area is 124 Å². The molecule has 1 fully saturated rings. The van der Waals surface area contributed by atoms with Crippen molar-refractivity contribution < 1.29 is 0 Å². The molecular formula is C17H22BrN. The number of rotatable bonds is 5. The van der Waals surface area contributed by atoms with Crippen molar-refractivity contribution in [3.63, 3.8) is 0 Å². The van der Waals surface area contributed by atoms with Gasteiger partial charge >= 0.3 is 0 Å². The van der Waals surface area contributed by atoms with Crippen LogP contribution in [0.4, 0.5) is 0 Å². The maximum Gasteiger partial charge on any atom is 0.0317 e. The van der Waals surface area contributed by atoms with E-state index in [2.05, 4.69) is 64.6 Å². The maximum atomic E-state index is 3.78. The van der Waals surface area contributed by atoms with Crippen LogP contribution in [0.1, 0.15) is 37.8 Å². The summed E-state index contributed by atoms with van der Waals surface area (Å²) in [6.07, 6.45) is 8.82. The van der Waals surface area contributed by atoms with Crippen molar-refractivity contribution in [3.8, 4) is 0 Å². The Hall–Kier alpha value is -0.600. The smallest absolute Gasteiger partial charge is 0.0317 e. The maximum absolute atomic E-state index is 3.78. The Kier molecular flexibility index (Phi) is 4.09. The molecule has 0 aromatic heterocycles. The van der Waals surface area contributed by atoms with Gasteiger partial charge in [-0.05, 0) is 61.3 Å². The van der Waals surface area contributed by atoms with E-state index >= 15 is 0 Å². The van der Waals surface area contributed by atoms with E-state index in [0.29, 0.717) is 6.04 Å². The highest BCUT2D eigenvalue weighted by molar-refractivity contribution is 9.10. The van der Waals surface area contributed by atoms with Gasteiger partial charge < -0.3 is 5.32 Å². The summed E-state index contributed by atoms with van der Waals surface area (Å²) < 4.78 is 1.16. The third kappa shape index (κ3) is 2.95. The summed E-state index contributed by atoms with van der Waals surface area (Å²) >= 11 is 3.50. The summed E-state index contributed by atoms with van der Waals surface area (Å²) in [4.78, 5) is 0. The van der Waals surface area contributed by atoms with E-state index in [-0.39, 0.29) is 0 Å². The first-order valence-electron chi connectivity index (χ1n) is 7.43. The molecule has 2 aliphatic carbocycles. The minimum Gasteiger partial charge on any atom is -0.310 e. The van der Waals surface area contributed by atoms with Crippen LogP contribution in [0, 0.1) is 17.8 Å². The molecular weight excluding hydrogens is 298 g/mol. The molecule has 0 saturated heterocycles. The number of hydrogen-bond donors (Lipinski definition) is 1. The van der Waals surface area contributed by atoms with Crippen molar-refractivity contribution in [1.82, 2.24) is 5.32 Å². The van der Waals surface area contributed by atoms with Gasteiger partial charge in [0.15, 0.2) is 0 Å². The van der Waals surface area contributed by atoms with Crippen molar-refractivity contribution in [2.45, 2.75) is 32.2 Å². The molecule has 0 aliphatic heterocycles. The Morgan fingerprint density at radius 2 is 2.00 bits per heavy atom. The number of hydrogen-bond acceptors (Lipinski definition) is 1. The number of fused-ring (bicyclic) bond motifs is 2. The fourth-order valence-corrected chi connectivity index (χ4v) is 3.88. The van der Waals surface area contributed by atoms with Crippen LogP contribution in [0.2, 0.25) is 0 Å². The van der Waals surface area contributed by atoms with Gasteiger partial charge in [0.25, 0.3) is 0 Å². The van der Waals surface area contributed by atoms with E-state index in [4.69, 9.17) is 0 Å². The summed E-state index contributed by atoms with van der Waals surface area (Å²) in [5, 5.41) is 3.78. The van der Waals surface area contributed by atoms with Gasteiger partial charge in [0.2, 0.25) is 0 Å². The van der Waals surface area contributed by atoms with Crippen LogP contribution < -0.4 is 5.32 Å². The standard InChI is InChI=1S/C17H22BrN/c1-2-17(13-5-7-16(18)8-6-13)19-11-15-10-12-3-4-14(15)9-12/h3-8,12,14-15,17,19H,2,9-11H2,1H3. The molecule has 2 aliphatic rings. The van der Waals surface area contributed by atoms with E-state index in [1.54, 1.807) is 0 Å². The zero-order valence-electron chi connectivity index (χ0n) is 11.5. The lowest BCUT2D eigenvalue weighted by Crippen LogP contribution is -2.29. The average Bonchev–Trinajstić information content (AvgIpc) is 3.04. The molecule has 1 nitrogen and oxygen atoms in total. The van der Waals surface area contributed by atoms with Crippen LogP contribution in [0.15, 0.2) is 40.9 Å². The lowest BCUT2D eigenvalue weighted by atomic mass is 9.93. The molecule has 102 valence electrons. The zero-order chi connectivity index (χ0) is 13.2. The molecule has 0 spiro atoms. The van der Waals surface area contributed by atoms with Gasteiger partial charge in [0.1, 0.15) is 0 Å². The van der Waals surface area contributed by atoms with Crippen LogP contribution in [0.25, 0.3) is 0 Å². The van der Waals surface area contributed by atoms with Crippen molar-refractivity contribution in [3.05, 3.63) is 46.5 Å². The topological polar surface area (TPSA) is 12.0 Å². The van der Waals surface area contributed by atoms with Crippen LogP contribution >= 0.6 is 15.9 Å². The van der Waals surface area contributed by atoms with Crippen molar-refractivity contribution >= 4 is 15.9 Å². The highest BCUT2D eigenvalue weighted by atomic mass is 79.9. The minimum absolute atomic E-state index is 0.496. The first-order chi connectivity index (χ1) is 9.26. The molecule has 1 aromatic carbocycles.